The quantitative estimate of drug-likeness (QED) is 0.142. The molecule has 4 heterocycles. The third-order valence-corrected chi connectivity index (χ3v) is 10.0. The lowest BCUT2D eigenvalue weighted by Crippen LogP contribution is -2.44. The first kappa shape index (κ1) is 35.1. The predicted octanol–water partition coefficient (Wildman–Crippen LogP) is 7.50. The van der Waals surface area contributed by atoms with Crippen LogP contribution in [0.15, 0.2) is 79.3 Å². The van der Waals surface area contributed by atoms with Crippen LogP contribution in [0.25, 0.3) is 27.7 Å². The average Bonchev–Trinajstić information content (AvgIpc) is 3.17. The molecule has 2 aromatic heterocycles. The molecule has 2 aliphatic heterocycles. The molecule has 10 nitrogen and oxygen atoms in total. The molecule has 0 saturated carbocycles. The Morgan fingerprint density at radius 1 is 1.04 bits per heavy atom. The van der Waals surface area contributed by atoms with Crippen LogP contribution in [-0.2, 0) is 24.6 Å². The number of carboxylic acids is 1. The summed E-state index contributed by atoms with van der Waals surface area (Å²) < 4.78 is 12.7. The van der Waals surface area contributed by atoms with E-state index in [1.54, 1.807) is 24.4 Å². The minimum atomic E-state index is -0.832. The van der Waals surface area contributed by atoms with Crippen LogP contribution in [0.1, 0.15) is 59.2 Å². The standard InChI is InChI=1S/C41H39ClN6O4/c1-26-31(6-4-8-33(26)29-10-11-35-36(16-29)47-37(22-46-35)30-7-5-12-44-21-30)25-52-40-17-39(51-24-28-14-27(18-43)19-45-20-28)32(15-34(40)42)23-48-13-3-2-9-38(48)41(49)50/h4,6-8,10-11,14-17,19-20,22,38,44H,2-3,5,9,12-13,21,23-25H2,1H3,(H,49,50)/t38-/m0/s1. The van der Waals surface area contributed by atoms with Crippen LogP contribution in [0, 0.1) is 18.3 Å². The van der Waals surface area contributed by atoms with Crippen molar-refractivity contribution < 1.29 is 19.4 Å². The maximum Gasteiger partial charge on any atom is 0.320 e. The second kappa shape index (κ2) is 15.9. The molecule has 0 amide bonds. The fourth-order valence-corrected chi connectivity index (χ4v) is 7.13. The van der Waals surface area contributed by atoms with E-state index < -0.39 is 12.0 Å². The van der Waals surface area contributed by atoms with Gasteiger partial charge >= 0.3 is 5.97 Å². The number of piperidine rings is 1. The summed E-state index contributed by atoms with van der Waals surface area (Å²) in [6.45, 7) is 5.29. The Bertz CT molecular complexity index is 2200. The largest absolute Gasteiger partial charge is 0.488 e. The molecule has 2 aliphatic rings. The number of nitrogens with zero attached hydrogens (tertiary/aromatic N) is 5. The Hall–Kier alpha value is -5.34. The van der Waals surface area contributed by atoms with Crippen molar-refractivity contribution in [2.24, 2.45) is 0 Å². The Balaban J connectivity index is 1.14. The van der Waals surface area contributed by atoms with Gasteiger partial charge in [0.1, 0.15) is 36.8 Å². The van der Waals surface area contributed by atoms with Crippen molar-refractivity contribution in [1.82, 2.24) is 25.2 Å². The van der Waals surface area contributed by atoms with Gasteiger partial charge in [-0.15, -0.1) is 0 Å². The average molecular weight is 715 g/mol. The molecule has 3 aromatic carbocycles. The number of carbonyl (C=O) groups is 1. The number of aromatic nitrogens is 3. The monoisotopic (exact) mass is 714 g/mol. The number of likely N-dealkylation sites (tertiary alicyclic amines) is 1. The van der Waals surface area contributed by atoms with Gasteiger partial charge in [-0.2, -0.15) is 5.26 Å². The first-order valence-corrected chi connectivity index (χ1v) is 17.9. The summed E-state index contributed by atoms with van der Waals surface area (Å²) >= 11 is 6.85. The number of nitrogens with one attached hydrogen (secondary N) is 1. The van der Waals surface area contributed by atoms with Crippen LogP contribution in [0.2, 0.25) is 5.02 Å². The zero-order valence-electron chi connectivity index (χ0n) is 28.9. The van der Waals surface area contributed by atoms with Gasteiger partial charge in [0.25, 0.3) is 0 Å². The molecule has 52 heavy (non-hydrogen) atoms. The molecule has 0 radical (unpaired) electrons. The molecule has 1 saturated heterocycles. The van der Waals surface area contributed by atoms with E-state index in [4.69, 9.17) is 26.1 Å². The van der Waals surface area contributed by atoms with Gasteiger partial charge in [-0.05, 0) is 91.4 Å². The zero-order chi connectivity index (χ0) is 36.0. The number of hydrogen-bond donors (Lipinski definition) is 2. The molecule has 0 bridgehead atoms. The van der Waals surface area contributed by atoms with Gasteiger partial charge in [0.05, 0.1) is 33.5 Å². The van der Waals surface area contributed by atoms with Gasteiger partial charge in [0.2, 0.25) is 0 Å². The lowest BCUT2D eigenvalue weighted by molar-refractivity contribution is -0.144. The van der Waals surface area contributed by atoms with Crippen LogP contribution in [0.3, 0.4) is 0 Å². The molecule has 1 atom stereocenters. The summed E-state index contributed by atoms with van der Waals surface area (Å²) in [5, 5.41) is 23.0. The number of nitriles is 1. The summed E-state index contributed by atoms with van der Waals surface area (Å²) in [5.74, 6) is 0.141. The first-order chi connectivity index (χ1) is 25.4. The molecule has 2 N–H and O–H groups in total. The third-order valence-electron chi connectivity index (χ3n) is 9.74. The maximum absolute atomic E-state index is 12.1. The summed E-state index contributed by atoms with van der Waals surface area (Å²) in [6.07, 6.45) is 10.6. The van der Waals surface area contributed by atoms with E-state index in [2.05, 4.69) is 52.6 Å². The number of benzene rings is 3. The van der Waals surface area contributed by atoms with E-state index >= 15 is 0 Å². The van der Waals surface area contributed by atoms with Gasteiger partial charge in [-0.3, -0.25) is 19.7 Å². The fourth-order valence-electron chi connectivity index (χ4n) is 6.89. The van der Waals surface area contributed by atoms with Crippen LogP contribution in [0.5, 0.6) is 11.5 Å². The van der Waals surface area contributed by atoms with Crippen molar-refractivity contribution in [3.05, 3.63) is 118 Å². The van der Waals surface area contributed by atoms with Gasteiger partial charge in [-0.25, -0.2) is 4.98 Å². The van der Waals surface area contributed by atoms with E-state index in [0.717, 1.165) is 82.5 Å². The highest BCUT2D eigenvalue weighted by atomic mass is 35.5. The number of ether oxygens (including phenoxy) is 2. The lowest BCUT2D eigenvalue weighted by Gasteiger charge is -2.33. The molecule has 5 aromatic rings. The van der Waals surface area contributed by atoms with E-state index in [1.165, 1.54) is 11.8 Å². The Morgan fingerprint density at radius 3 is 2.75 bits per heavy atom. The van der Waals surface area contributed by atoms with Crippen molar-refractivity contribution in [2.45, 2.75) is 58.4 Å². The van der Waals surface area contributed by atoms with Gasteiger partial charge < -0.3 is 19.9 Å². The number of aliphatic carboxylic acids is 1. The summed E-state index contributed by atoms with van der Waals surface area (Å²) in [6, 6.07) is 19.2. The normalized spacial score (nSPS) is 16.2. The van der Waals surface area contributed by atoms with Gasteiger partial charge in [0.15, 0.2) is 0 Å². The number of rotatable bonds is 11. The number of halogens is 1. The molecule has 264 valence electrons. The van der Waals surface area contributed by atoms with E-state index in [-0.39, 0.29) is 13.2 Å². The van der Waals surface area contributed by atoms with Crippen LogP contribution in [-0.4, -0.2) is 56.6 Å². The molecular weight excluding hydrogens is 676 g/mol. The minimum Gasteiger partial charge on any atom is -0.488 e. The summed E-state index contributed by atoms with van der Waals surface area (Å²) in [5.41, 5.74) is 9.86. The van der Waals surface area contributed by atoms with Crippen molar-refractivity contribution in [1.29, 1.82) is 5.26 Å². The lowest BCUT2D eigenvalue weighted by atomic mass is 9.96. The van der Waals surface area contributed by atoms with Gasteiger partial charge in [0, 0.05) is 42.7 Å². The van der Waals surface area contributed by atoms with Crippen molar-refractivity contribution in [3.8, 4) is 28.7 Å². The number of hydrogen-bond acceptors (Lipinski definition) is 9. The number of pyridine rings is 1. The van der Waals surface area contributed by atoms with Crippen molar-refractivity contribution >= 4 is 34.2 Å². The van der Waals surface area contributed by atoms with Crippen LogP contribution >= 0.6 is 11.6 Å². The second-order valence-electron chi connectivity index (χ2n) is 13.2. The Labute approximate surface area is 307 Å². The fraction of sp³-hybridized carbons (Fsp3) is 0.293. The highest BCUT2D eigenvalue weighted by Gasteiger charge is 2.29. The van der Waals surface area contributed by atoms with E-state index in [1.807, 2.05) is 29.3 Å². The van der Waals surface area contributed by atoms with Crippen LogP contribution in [0.4, 0.5) is 0 Å². The molecule has 0 spiro atoms. The van der Waals surface area contributed by atoms with E-state index in [9.17, 15) is 15.2 Å². The molecule has 0 unspecified atom stereocenters. The predicted molar refractivity (Wildman–Crippen MR) is 200 cm³/mol. The Kier molecular flexibility index (Phi) is 10.7. The minimum absolute atomic E-state index is 0.159. The highest BCUT2D eigenvalue weighted by Crippen LogP contribution is 2.36. The highest BCUT2D eigenvalue weighted by molar-refractivity contribution is 6.32. The molecule has 1 fully saturated rings. The zero-order valence-corrected chi connectivity index (χ0v) is 29.7. The molecule has 11 heteroatoms. The topological polar surface area (TPSA) is 133 Å². The number of carboxylic acid groups (broad SMARTS) is 1. The van der Waals surface area contributed by atoms with E-state index in [0.29, 0.717) is 41.6 Å². The number of fused-ring (bicyclic) bond motifs is 1. The smallest absolute Gasteiger partial charge is 0.320 e. The molecular formula is C41H39ClN6O4. The summed E-state index contributed by atoms with van der Waals surface area (Å²) in [4.78, 5) is 27.8. The molecule has 7 rings (SSSR count). The third kappa shape index (κ3) is 7.92. The SMILES string of the molecule is Cc1c(COc2cc(OCc3cncc(C#N)c3)c(CN3CCCC[C@H]3C(=O)O)cc2Cl)cccc1-c1ccc2ncc(C3=CCCNC3)nc2c1. The van der Waals surface area contributed by atoms with Gasteiger partial charge in [-0.1, -0.05) is 48.4 Å². The van der Waals surface area contributed by atoms with Crippen LogP contribution < -0.4 is 14.8 Å². The summed E-state index contributed by atoms with van der Waals surface area (Å²) in [7, 11) is 0. The maximum atomic E-state index is 12.1. The van der Waals surface area contributed by atoms with Crippen molar-refractivity contribution in [3.63, 3.8) is 0 Å². The first-order valence-electron chi connectivity index (χ1n) is 17.5. The Morgan fingerprint density at radius 2 is 1.92 bits per heavy atom. The van der Waals surface area contributed by atoms with Crippen molar-refractivity contribution in [2.75, 3.05) is 19.6 Å². The molecule has 0 aliphatic carbocycles. The second-order valence-corrected chi connectivity index (χ2v) is 13.6.